The summed E-state index contributed by atoms with van der Waals surface area (Å²) in [5.41, 5.74) is 2.18. The third kappa shape index (κ3) is 4.52. The third-order valence-corrected chi connectivity index (χ3v) is 5.59. The molecule has 3 nitrogen and oxygen atoms in total. The number of amides is 1. The number of ether oxygens (including phenoxy) is 1. The monoisotopic (exact) mass is 363 g/mol. The summed E-state index contributed by atoms with van der Waals surface area (Å²) in [5, 5.41) is 5.77. The number of carbonyl (C=O) groups is 1. The first-order chi connectivity index (χ1) is 11.7. The predicted molar refractivity (Wildman–Crippen MR) is 99.5 cm³/mol. The average Bonchev–Trinajstić information content (AvgIpc) is 3.03. The normalized spacial score (nSPS) is 13.4. The summed E-state index contributed by atoms with van der Waals surface area (Å²) in [4.78, 5) is 13.7. The number of fused-ring (bicyclic) bond motifs is 1. The van der Waals surface area contributed by atoms with E-state index in [-0.39, 0.29) is 5.91 Å². The Bertz CT molecular complexity index is 681. The minimum absolute atomic E-state index is 0.0769. The molecule has 0 saturated carbocycles. The van der Waals surface area contributed by atoms with Crippen molar-refractivity contribution < 1.29 is 9.53 Å². The van der Waals surface area contributed by atoms with Gasteiger partial charge < -0.3 is 10.1 Å². The van der Waals surface area contributed by atoms with E-state index >= 15 is 0 Å². The molecule has 0 fully saturated rings. The number of carbonyl (C=O) groups excluding carboxylic acids is 1. The van der Waals surface area contributed by atoms with Crippen LogP contribution in [0.2, 0.25) is 5.02 Å². The summed E-state index contributed by atoms with van der Waals surface area (Å²) >= 11 is 7.57. The number of aryl methyl sites for hydroxylation is 1. The molecule has 3 rings (SSSR count). The highest BCUT2D eigenvalue weighted by atomic mass is 35.5. The van der Waals surface area contributed by atoms with E-state index in [1.165, 1.54) is 23.3 Å². The predicted octanol–water partition coefficient (Wildman–Crippen LogP) is 4.87. The van der Waals surface area contributed by atoms with E-state index in [2.05, 4.69) is 5.32 Å². The van der Waals surface area contributed by atoms with Crippen molar-refractivity contribution in [1.29, 1.82) is 0 Å². The van der Waals surface area contributed by atoms with Crippen molar-refractivity contribution in [3.05, 3.63) is 50.7 Å². The van der Waals surface area contributed by atoms with Crippen LogP contribution in [0.1, 0.15) is 46.5 Å². The van der Waals surface area contributed by atoms with Gasteiger partial charge in [0.15, 0.2) is 0 Å². The molecule has 24 heavy (non-hydrogen) atoms. The molecule has 0 aliphatic heterocycles. The van der Waals surface area contributed by atoms with Crippen LogP contribution in [-0.2, 0) is 12.8 Å². The maximum absolute atomic E-state index is 12.3. The van der Waals surface area contributed by atoms with Crippen LogP contribution >= 0.6 is 22.9 Å². The second-order valence-corrected chi connectivity index (χ2v) is 7.42. The molecule has 128 valence electrons. The molecule has 1 amide bonds. The summed E-state index contributed by atoms with van der Waals surface area (Å²) < 4.78 is 5.64. The van der Waals surface area contributed by atoms with Crippen LogP contribution in [0, 0.1) is 0 Å². The highest BCUT2D eigenvalue weighted by Gasteiger charge is 2.19. The number of nitrogens with one attached hydrogen (secondary N) is 1. The molecule has 0 spiro atoms. The smallest absolute Gasteiger partial charge is 0.252 e. The van der Waals surface area contributed by atoms with Gasteiger partial charge in [-0.2, -0.15) is 0 Å². The Balaban J connectivity index is 1.35. The molecule has 1 aliphatic rings. The maximum Gasteiger partial charge on any atom is 0.252 e. The van der Waals surface area contributed by atoms with Gasteiger partial charge in [0.05, 0.1) is 12.2 Å². The lowest BCUT2D eigenvalue weighted by atomic mass is 9.95. The first-order valence-electron chi connectivity index (χ1n) is 8.50. The molecule has 1 N–H and O–H groups in total. The molecule has 1 aromatic carbocycles. The quantitative estimate of drug-likeness (QED) is 0.713. The van der Waals surface area contributed by atoms with Gasteiger partial charge in [0.25, 0.3) is 5.91 Å². The fraction of sp³-hybridized carbons (Fsp3) is 0.421. The van der Waals surface area contributed by atoms with Gasteiger partial charge in [0.2, 0.25) is 0 Å². The fourth-order valence-corrected chi connectivity index (χ4v) is 4.18. The molecular weight excluding hydrogens is 342 g/mol. The molecule has 0 unspecified atom stereocenters. The lowest BCUT2D eigenvalue weighted by Gasteiger charge is -2.12. The number of hydrogen-bond donors (Lipinski definition) is 1. The highest BCUT2D eigenvalue weighted by Crippen LogP contribution is 2.30. The number of unbranched alkanes of at least 4 members (excludes halogenated alkanes) is 1. The van der Waals surface area contributed by atoms with Gasteiger partial charge in [0.1, 0.15) is 5.75 Å². The van der Waals surface area contributed by atoms with E-state index in [1.54, 1.807) is 11.3 Å². The maximum atomic E-state index is 12.3. The van der Waals surface area contributed by atoms with E-state index in [0.29, 0.717) is 18.2 Å². The lowest BCUT2D eigenvalue weighted by Crippen LogP contribution is -2.25. The number of hydrogen-bond acceptors (Lipinski definition) is 3. The van der Waals surface area contributed by atoms with Crippen molar-refractivity contribution in [3.63, 3.8) is 0 Å². The summed E-state index contributed by atoms with van der Waals surface area (Å²) in [6.45, 7) is 1.33. The van der Waals surface area contributed by atoms with E-state index in [9.17, 15) is 4.79 Å². The van der Waals surface area contributed by atoms with Gasteiger partial charge in [-0.15, -0.1) is 11.3 Å². The van der Waals surface area contributed by atoms with Crippen molar-refractivity contribution in [2.75, 3.05) is 13.2 Å². The van der Waals surface area contributed by atoms with Crippen LogP contribution in [0.3, 0.4) is 0 Å². The highest BCUT2D eigenvalue weighted by molar-refractivity contribution is 7.10. The minimum atomic E-state index is 0.0769. The van der Waals surface area contributed by atoms with Crippen LogP contribution in [0.15, 0.2) is 29.6 Å². The molecule has 1 heterocycles. The summed E-state index contributed by atoms with van der Waals surface area (Å²) in [7, 11) is 0. The Kier molecular flexibility index (Phi) is 6.16. The van der Waals surface area contributed by atoms with E-state index in [0.717, 1.165) is 37.0 Å². The summed E-state index contributed by atoms with van der Waals surface area (Å²) in [6.07, 6.45) is 6.45. The van der Waals surface area contributed by atoms with Crippen molar-refractivity contribution in [1.82, 2.24) is 5.32 Å². The molecule has 1 aliphatic carbocycles. The molecule has 0 atom stereocenters. The van der Waals surface area contributed by atoms with Gasteiger partial charge in [-0.05, 0) is 68.4 Å². The molecule has 0 saturated heterocycles. The molecule has 0 radical (unpaired) electrons. The minimum Gasteiger partial charge on any atom is -0.494 e. The van der Waals surface area contributed by atoms with Crippen molar-refractivity contribution >= 4 is 28.8 Å². The Morgan fingerprint density at radius 1 is 1.17 bits per heavy atom. The largest absolute Gasteiger partial charge is 0.494 e. The number of benzene rings is 1. The van der Waals surface area contributed by atoms with Crippen LogP contribution in [0.25, 0.3) is 0 Å². The fourth-order valence-electron chi connectivity index (χ4n) is 2.93. The first kappa shape index (κ1) is 17.3. The molecular formula is C19H22ClNO2S. The zero-order valence-electron chi connectivity index (χ0n) is 13.6. The Hall–Kier alpha value is -1.52. The van der Waals surface area contributed by atoms with Gasteiger partial charge in [-0.1, -0.05) is 11.6 Å². The third-order valence-electron chi connectivity index (χ3n) is 4.25. The van der Waals surface area contributed by atoms with Crippen LogP contribution < -0.4 is 10.1 Å². The van der Waals surface area contributed by atoms with Crippen LogP contribution in [-0.4, -0.2) is 19.1 Å². The van der Waals surface area contributed by atoms with E-state index in [4.69, 9.17) is 16.3 Å². The first-order valence-corrected chi connectivity index (χ1v) is 9.75. The second kappa shape index (κ2) is 8.54. The molecule has 2 aromatic rings. The standard InChI is InChI=1S/C19H22ClNO2S/c20-14-7-9-15(10-8-14)23-12-4-3-11-21-19(22)17-13-24-18-6-2-1-5-16(17)18/h7-10,13H,1-6,11-12H2,(H,21,22). The van der Waals surface area contributed by atoms with Gasteiger partial charge in [-0.3, -0.25) is 4.79 Å². The van der Waals surface area contributed by atoms with Crippen molar-refractivity contribution in [2.24, 2.45) is 0 Å². The van der Waals surface area contributed by atoms with Crippen molar-refractivity contribution in [2.45, 2.75) is 38.5 Å². The van der Waals surface area contributed by atoms with Crippen LogP contribution in [0.4, 0.5) is 0 Å². The van der Waals surface area contributed by atoms with Gasteiger partial charge >= 0.3 is 0 Å². The number of thiophene rings is 1. The second-order valence-electron chi connectivity index (χ2n) is 6.02. The van der Waals surface area contributed by atoms with Crippen molar-refractivity contribution in [3.8, 4) is 5.75 Å². The Morgan fingerprint density at radius 3 is 2.79 bits per heavy atom. The average molecular weight is 364 g/mol. The lowest BCUT2D eigenvalue weighted by molar-refractivity contribution is 0.0951. The Morgan fingerprint density at radius 2 is 1.96 bits per heavy atom. The topological polar surface area (TPSA) is 38.3 Å². The number of halogens is 1. The Labute approximate surface area is 152 Å². The molecule has 5 heteroatoms. The van der Waals surface area contributed by atoms with Gasteiger partial charge in [-0.25, -0.2) is 0 Å². The van der Waals surface area contributed by atoms with Crippen LogP contribution in [0.5, 0.6) is 5.75 Å². The summed E-state index contributed by atoms with van der Waals surface area (Å²) in [5.74, 6) is 0.904. The molecule has 1 aromatic heterocycles. The zero-order valence-corrected chi connectivity index (χ0v) is 15.2. The van der Waals surface area contributed by atoms with E-state index in [1.807, 2.05) is 29.6 Å². The SMILES string of the molecule is O=C(NCCCCOc1ccc(Cl)cc1)c1csc2c1CCCC2. The molecule has 0 bridgehead atoms. The zero-order chi connectivity index (χ0) is 16.8. The summed E-state index contributed by atoms with van der Waals surface area (Å²) in [6, 6.07) is 7.37. The number of rotatable bonds is 7. The van der Waals surface area contributed by atoms with E-state index < -0.39 is 0 Å². The van der Waals surface area contributed by atoms with Gasteiger partial charge in [0, 0.05) is 21.8 Å².